The Morgan fingerprint density at radius 3 is 2.22 bits per heavy atom. The van der Waals surface area contributed by atoms with Gasteiger partial charge >= 0.3 is 0 Å². The summed E-state index contributed by atoms with van der Waals surface area (Å²) in [6.07, 6.45) is 0. The number of nitrogens with one attached hydrogen (secondary N) is 2. The number of halogens is 2. The Morgan fingerprint density at radius 2 is 1.59 bits per heavy atom. The Balaban J connectivity index is 1.53. The van der Waals surface area contributed by atoms with Crippen LogP contribution >= 0.6 is 11.6 Å². The van der Waals surface area contributed by atoms with Gasteiger partial charge in [-0.1, -0.05) is 17.7 Å². The van der Waals surface area contributed by atoms with Crippen LogP contribution in [-0.2, 0) is 11.3 Å². The molecule has 3 rings (SSSR count). The standard InChI is InChI=1S/C24H23ClFN3O3/c1-29(14-20-21(25)4-3-5-22(20)26)15-23(30)27-17-8-6-16(7-9-17)24(31)28-18-10-12-19(32-2)13-11-18/h3-13H,14-15H2,1-2H3,(H,27,30)(H,28,31). The van der Waals surface area contributed by atoms with E-state index >= 15 is 0 Å². The van der Waals surface area contributed by atoms with Crippen LogP contribution in [0.15, 0.2) is 66.7 Å². The summed E-state index contributed by atoms with van der Waals surface area (Å²) >= 11 is 6.04. The maximum Gasteiger partial charge on any atom is 0.255 e. The molecule has 6 nitrogen and oxygen atoms in total. The molecule has 0 spiro atoms. The summed E-state index contributed by atoms with van der Waals surface area (Å²) < 4.78 is 19.0. The van der Waals surface area contributed by atoms with Gasteiger partial charge in [0.05, 0.1) is 13.7 Å². The maximum absolute atomic E-state index is 13.9. The summed E-state index contributed by atoms with van der Waals surface area (Å²) in [6.45, 7) is 0.244. The molecular weight excluding hydrogens is 433 g/mol. The highest BCUT2D eigenvalue weighted by molar-refractivity contribution is 6.31. The molecule has 8 heteroatoms. The molecule has 0 fully saturated rings. The van der Waals surface area contributed by atoms with Crippen molar-refractivity contribution in [2.45, 2.75) is 6.54 Å². The second-order valence-electron chi connectivity index (χ2n) is 7.18. The third kappa shape index (κ3) is 6.29. The lowest BCUT2D eigenvalue weighted by atomic mass is 10.2. The van der Waals surface area contributed by atoms with Gasteiger partial charge in [0.2, 0.25) is 5.91 Å². The zero-order valence-corrected chi connectivity index (χ0v) is 18.4. The van der Waals surface area contributed by atoms with Crippen molar-refractivity contribution in [2.24, 2.45) is 0 Å². The van der Waals surface area contributed by atoms with Gasteiger partial charge in [0.1, 0.15) is 11.6 Å². The van der Waals surface area contributed by atoms with E-state index in [-0.39, 0.29) is 24.9 Å². The van der Waals surface area contributed by atoms with Gasteiger partial charge in [-0.3, -0.25) is 14.5 Å². The van der Waals surface area contributed by atoms with Gasteiger partial charge in [0, 0.05) is 34.1 Å². The normalized spacial score (nSPS) is 10.7. The molecule has 0 aliphatic heterocycles. The lowest BCUT2D eigenvalue weighted by molar-refractivity contribution is -0.117. The molecule has 0 unspecified atom stereocenters. The minimum Gasteiger partial charge on any atom is -0.497 e. The SMILES string of the molecule is COc1ccc(NC(=O)c2ccc(NC(=O)CN(C)Cc3c(F)cccc3Cl)cc2)cc1. The van der Waals surface area contributed by atoms with Gasteiger partial charge in [-0.25, -0.2) is 4.39 Å². The molecule has 0 aliphatic carbocycles. The van der Waals surface area contributed by atoms with Crippen molar-refractivity contribution < 1.29 is 18.7 Å². The first-order chi connectivity index (χ1) is 15.4. The van der Waals surface area contributed by atoms with E-state index < -0.39 is 5.82 Å². The van der Waals surface area contributed by atoms with Crippen LogP contribution in [0.1, 0.15) is 15.9 Å². The van der Waals surface area contributed by atoms with Crippen molar-refractivity contribution >= 4 is 34.8 Å². The summed E-state index contributed by atoms with van der Waals surface area (Å²) in [5.74, 6) is -0.246. The van der Waals surface area contributed by atoms with Crippen molar-refractivity contribution in [2.75, 3.05) is 31.3 Å². The topological polar surface area (TPSA) is 70.7 Å². The van der Waals surface area contributed by atoms with Crippen LogP contribution in [0.4, 0.5) is 15.8 Å². The smallest absolute Gasteiger partial charge is 0.255 e. The highest BCUT2D eigenvalue weighted by Crippen LogP contribution is 2.20. The fraction of sp³-hybridized carbons (Fsp3) is 0.167. The molecule has 0 atom stereocenters. The average Bonchev–Trinajstić information content (AvgIpc) is 2.77. The fourth-order valence-corrected chi connectivity index (χ4v) is 3.26. The quantitative estimate of drug-likeness (QED) is 0.511. The van der Waals surface area contributed by atoms with E-state index in [4.69, 9.17) is 16.3 Å². The Bertz CT molecular complexity index is 1070. The number of nitrogens with zero attached hydrogens (tertiary/aromatic N) is 1. The van der Waals surface area contributed by atoms with Gasteiger partial charge in [-0.05, 0) is 67.7 Å². The number of rotatable bonds is 8. The second kappa shape index (κ2) is 10.7. The number of amides is 2. The number of likely N-dealkylation sites (N-methyl/N-ethyl adjacent to an activating group) is 1. The molecule has 0 saturated carbocycles. The first-order valence-corrected chi connectivity index (χ1v) is 10.2. The van der Waals surface area contributed by atoms with Crippen LogP contribution in [0.2, 0.25) is 5.02 Å². The van der Waals surface area contributed by atoms with Crippen LogP contribution < -0.4 is 15.4 Å². The van der Waals surface area contributed by atoms with Gasteiger partial charge in [-0.2, -0.15) is 0 Å². The third-order valence-electron chi connectivity index (χ3n) is 4.68. The minimum absolute atomic E-state index is 0.0460. The van der Waals surface area contributed by atoms with Crippen molar-refractivity contribution in [3.63, 3.8) is 0 Å². The molecule has 2 N–H and O–H groups in total. The average molecular weight is 456 g/mol. The third-order valence-corrected chi connectivity index (χ3v) is 5.04. The number of benzene rings is 3. The van der Waals surface area contributed by atoms with Crippen LogP contribution in [0.3, 0.4) is 0 Å². The Labute approximate surface area is 191 Å². The fourth-order valence-electron chi connectivity index (χ4n) is 3.04. The number of anilines is 2. The molecule has 0 heterocycles. The molecule has 32 heavy (non-hydrogen) atoms. The second-order valence-corrected chi connectivity index (χ2v) is 7.59. The number of methoxy groups -OCH3 is 1. The molecule has 0 radical (unpaired) electrons. The molecule has 0 saturated heterocycles. The molecule has 166 valence electrons. The number of hydrogen-bond donors (Lipinski definition) is 2. The number of carbonyl (C=O) groups excluding carboxylic acids is 2. The Morgan fingerprint density at radius 1 is 0.969 bits per heavy atom. The van der Waals surface area contributed by atoms with Gasteiger partial charge in [-0.15, -0.1) is 0 Å². The van der Waals surface area contributed by atoms with Gasteiger partial charge in [0.15, 0.2) is 0 Å². The zero-order valence-electron chi connectivity index (χ0n) is 17.7. The van der Waals surface area contributed by atoms with E-state index in [2.05, 4.69) is 10.6 Å². The van der Waals surface area contributed by atoms with Gasteiger partial charge < -0.3 is 15.4 Å². The van der Waals surface area contributed by atoms with Crippen LogP contribution in [0.5, 0.6) is 5.75 Å². The monoisotopic (exact) mass is 455 g/mol. The van der Waals surface area contributed by atoms with E-state index in [9.17, 15) is 14.0 Å². The van der Waals surface area contributed by atoms with Gasteiger partial charge in [0.25, 0.3) is 5.91 Å². The molecule has 0 aliphatic rings. The predicted molar refractivity (Wildman–Crippen MR) is 124 cm³/mol. The number of ether oxygens (including phenoxy) is 1. The lowest BCUT2D eigenvalue weighted by Gasteiger charge is -2.17. The Hall–Kier alpha value is -3.42. The zero-order chi connectivity index (χ0) is 23.1. The summed E-state index contributed by atoms with van der Waals surface area (Å²) in [5, 5.41) is 5.88. The van der Waals surface area contributed by atoms with E-state index in [0.717, 1.165) is 0 Å². The molecule has 3 aromatic carbocycles. The number of hydrogen-bond acceptors (Lipinski definition) is 4. The first-order valence-electron chi connectivity index (χ1n) is 9.82. The van der Waals surface area contributed by atoms with Crippen LogP contribution in [-0.4, -0.2) is 37.4 Å². The van der Waals surface area contributed by atoms with E-state index in [0.29, 0.717) is 33.3 Å². The van der Waals surface area contributed by atoms with E-state index in [1.807, 2.05) is 0 Å². The van der Waals surface area contributed by atoms with E-state index in [1.165, 1.54) is 12.1 Å². The molecule has 2 amide bonds. The summed E-state index contributed by atoms with van der Waals surface area (Å²) in [5.41, 5.74) is 1.99. The van der Waals surface area contributed by atoms with Crippen LogP contribution in [0, 0.1) is 5.82 Å². The molecule has 0 aromatic heterocycles. The summed E-state index contributed by atoms with van der Waals surface area (Å²) in [7, 11) is 3.28. The predicted octanol–water partition coefficient (Wildman–Crippen LogP) is 4.81. The highest BCUT2D eigenvalue weighted by atomic mass is 35.5. The van der Waals surface area contributed by atoms with E-state index in [1.54, 1.807) is 73.7 Å². The summed E-state index contributed by atoms with van der Waals surface area (Å²) in [6, 6.07) is 18.0. The maximum atomic E-state index is 13.9. The van der Waals surface area contributed by atoms with Crippen LogP contribution in [0.25, 0.3) is 0 Å². The largest absolute Gasteiger partial charge is 0.497 e. The van der Waals surface area contributed by atoms with Crippen molar-refractivity contribution in [3.8, 4) is 5.75 Å². The lowest BCUT2D eigenvalue weighted by Crippen LogP contribution is -2.30. The molecule has 0 bridgehead atoms. The van der Waals surface area contributed by atoms with Crippen molar-refractivity contribution in [1.82, 2.24) is 4.90 Å². The number of carbonyl (C=O) groups is 2. The summed E-state index contributed by atoms with van der Waals surface area (Å²) in [4.78, 5) is 26.4. The molecular formula is C24H23ClFN3O3. The Kier molecular flexibility index (Phi) is 7.81. The minimum atomic E-state index is -0.409. The van der Waals surface area contributed by atoms with Crippen molar-refractivity contribution in [3.05, 3.63) is 88.7 Å². The van der Waals surface area contributed by atoms with Crippen molar-refractivity contribution in [1.29, 1.82) is 0 Å². The highest BCUT2D eigenvalue weighted by Gasteiger charge is 2.13. The molecule has 3 aromatic rings. The first kappa shape index (κ1) is 23.2.